The molecule has 1 aromatic carbocycles. The first-order valence-electron chi connectivity index (χ1n) is 4.63. The van der Waals surface area contributed by atoms with E-state index in [0.29, 0.717) is 0 Å². The number of rotatable bonds is 3. The zero-order valence-corrected chi connectivity index (χ0v) is 9.49. The van der Waals surface area contributed by atoms with Crippen molar-refractivity contribution < 1.29 is 4.18 Å². The number of benzene rings is 1. The van der Waals surface area contributed by atoms with Crippen molar-refractivity contribution in [3.05, 3.63) is 36.5 Å². The van der Waals surface area contributed by atoms with Crippen LogP contribution in [0.1, 0.15) is 0 Å². The van der Waals surface area contributed by atoms with E-state index in [-0.39, 0.29) is 0 Å². The van der Waals surface area contributed by atoms with E-state index in [9.17, 15) is 0 Å². The number of hydrogen-bond acceptors (Lipinski definition) is 4. The molecule has 0 aliphatic carbocycles. The van der Waals surface area contributed by atoms with Gasteiger partial charge in [-0.1, -0.05) is 18.2 Å². The van der Waals surface area contributed by atoms with Crippen molar-refractivity contribution in [3.63, 3.8) is 0 Å². The topological polar surface area (TPSA) is 25.4 Å². The van der Waals surface area contributed by atoms with Gasteiger partial charge < -0.3 is 4.18 Å². The molecule has 0 amide bonds. The molecule has 15 heavy (non-hydrogen) atoms. The first kappa shape index (κ1) is 10.3. The van der Waals surface area contributed by atoms with Crippen LogP contribution in [-0.4, -0.2) is 23.4 Å². The Balaban J connectivity index is 2.34. The number of pyridine rings is 1. The van der Waals surface area contributed by atoms with E-state index in [1.54, 1.807) is 6.20 Å². The molecular formula is C11H12N2OS. The molecule has 0 aliphatic rings. The standard InChI is InChI=1S/C11H12N2OS/c1-13(2)15-14-10-7-3-5-9-6-4-8-12-11(9)10/h3-8H,1-2H3. The predicted molar refractivity (Wildman–Crippen MR) is 63.6 cm³/mol. The maximum atomic E-state index is 5.56. The van der Waals surface area contributed by atoms with Crippen LogP contribution in [0.4, 0.5) is 0 Å². The van der Waals surface area contributed by atoms with Crippen molar-refractivity contribution in [1.29, 1.82) is 0 Å². The zero-order chi connectivity index (χ0) is 10.7. The lowest BCUT2D eigenvalue weighted by atomic mass is 10.2. The van der Waals surface area contributed by atoms with Crippen LogP contribution in [0.2, 0.25) is 0 Å². The van der Waals surface area contributed by atoms with Crippen molar-refractivity contribution >= 4 is 23.1 Å². The third-order valence-corrected chi connectivity index (χ3v) is 2.42. The zero-order valence-electron chi connectivity index (χ0n) is 8.68. The summed E-state index contributed by atoms with van der Waals surface area (Å²) in [6, 6.07) is 9.86. The molecule has 78 valence electrons. The Kier molecular flexibility index (Phi) is 3.08. The molecule has 0 spiro atoms. The monoisotopic (exact) mass is 220 g/mol. The lowest BCUT2D eigenvalue weighted by Crippen LogP contribution is -2.02. The Morgan fingerprint density at radius 2 is 2.00 bits per heavy atom. The van der Waals surface area contributed by atoms with Crippen LogP contribution in [0, 0.1) is 0 Å². The van der Waals surface area contributed by atoms with Gasteiger partial charge in [-0.25, -0.2) is 4.31 Å². The molecule has 0 fully saturated rings. The van der Waals surface area contributed by atoms with Crippen LogP contribution in [0.15, 0.2) is 36.5 Å². The van der Waals surface area contributed by atoms with Crippen LogP contribution < -0.4 is 4.18 Å². The summed E-state index contributed by atoms with van der Waals surface area (Å²) in [7, 11) is 3.87. The van der Waals surface area contributed by atoms with Crippen LogP contribution in [-0.2, 0) is 0 Å². The summed E-state index contributed by atoms with van der Waals surface area (Å²) in [6.45, 7) is 0. The molecule has 0 atom stereocenters. The van der Waals surface area contributed by atoms with Crippen LogP contribution in [0.5, 0.6) is 5.75 Å². The quantitative estimate of drug-likeness (QED) is 0.586. The van der Waals surface area contributed by atoms with E-state index in [1.165, 1.54) is 12.2 Å². The van der Waals surface area contributed by atoms with E-state index >= 15 is 0 Å². The summed E-state index contributed by atoms with van der Waals surface area (Å²) in [5.74, 6) is 0.798. The van der Waals surface area contributed by atoms with Crippen LogP contribution in [0.3, 0.4) is 0 Å². The molecule has 1 aromatic heterocycles. The Bertz CT molecular complexity index is 454. The number of para-hydroxylation sites is 1. The summed E-state index contributed by atoms with van der Waals surface area (Å²) >= 11 is 1.29. The van der Waals surface area contributed by atoms with Crippen molar-refractivity contribution in [2.45, 2.75) is 0 Å². The SMILES string of the molecule is CN(C)SOc1cccc2cccnc12. The minimum Gasteiger partial charge on any atom is -0.407 e. The summed E-state index contributed by atoms with van der Waals surface area (Å²) in [4.78, 5) is 4.30. The summed E-state index contributed by atoms with van der Waals surface area (Å²) in [5.41, 5.74) is 0.898. The molecule has 0 saturated carbocycles. The highest BCUT2D eigenvalue weighted by Gasteiger charge is 2.03. The number of fused-ring (bicyclic) bond motifs is 1. The highest BCUT2D eigenvalue weighted by molar-refractivity contribution is 7.92. The Morgan fingerprint density at radius 1 is 1.20 bits per heavy atom. The van der Waals surface area contributed by atoms with E-state index in [1.807, 2.05) is 48.7 Å². The van der Waals surface area contributed by atoms with Gasteiger partial charge in [-0.3, -0.25) is 4.98 Å². The third-order valence-electron chi connectivity index (χ3n) is 1.87. The highest BCUT2D eigenvalue weighted by atomic mass is 32.2. The van der Waals surface area contributed by atoms with Gasteiger partial charge in [0.05, 0.1) is 0 Å². The summed E-state index contributed by atoms with van der Waals surface area (Å²) in [5, 5.41) is 1.09. The van der Waals surface area contributed by atoms with Crippen molar-refractivity contribution in [1.82, 2.24) is 9.29 Å². The average molecular weight is 220 g/mol. The van der Waals surface area contributed by atoms with Gasteiger partial charge in [0.2, 0.25) is 0 Å². The summed E-state index contributed by atoms with van der Waals surface area (Å²) in [6.07, 6.45) is 1.77. The molecule has 2 aromatic rings. The minimum absolute atomic E-state index is 0.798. The Hall–Kier alpha value is -1.26. The van der Waals surface area contributed by atoms with Crippen LogP contribution in [0.25, 0.3) is 10.9 Å². The van der Waals surface area contributed by atoms with E-state index in [4.69, 9.17) is 4.18 Å². The van der Waals surface area contributed by atoms with E-state index in [0.717, 1.165) is 16.7 Å². The van der Waals surface area contributed by atoms with Crippen molar-refractivity contribution in [2.24, 2.45) is 0 Å². The van der Waals surface area contributed by atoms with Gasteiger partial charge >= 0.3 is 0 Å². The fourth-order valence-corrected chi connectivity index (χ4v) is 1.62. The lowest BCUT2D eigenvalue weighted by molar-refractivity contribution is 0.579. The predicted octanol–water partition coefficient (Wildman–Crippen LogP) is 2.74. The first-order chi connectivity index (χ1) is 7.27. The molecule has 0 N–H and O–H groups in total. The second-order valence-electron chi connectivity index (χ2n) is 3.30. The summed E-state index contributed by atoms with van der Waals surface area (Å²) < 4.78 is 7.45. The average Bonchev–Trinajstić information content (AvgIpc) is 2.26. The maximum Gasteiger partial charge on any atom is 0.165 e. The smallest absolute Gasteiger partial charge is 0.165 e. The first-order valence-corrected chi connectivity index (χ1v) is 5.33. The molecule has 0 radical (unpaired) electrons. The van der Waals surface area contributed by atoms with Gasteiger partial charge in [-0.15, -0.1) is 0 Å². The van der Waals surface area contributed by atoms with Gasteiger partial charge in [0.15, 0.2) is 5.75 Å². The molecule has 3 nitrogen and oxygen atoms in total. The molecular weight excluding hydrogens is 208 g/mol. The molecule has 0 bridgehead atoms. The van der Waals surface area contributed by atoms with Gasteiger partial charge in [-0.05, 0) is 12.1 Å². The Morgan fingerprint density at radius 3 is 2.80 bits per heavy atom. The third kappa shape index (κ3) is 2.40. The number of aromatic nitrogens is 1. The lowest BCUT2D eigenvalue weighted by Gasteiger charge is -2.09. The molecule has 2 rings (SSSR count). The molecule has 4 heteroatoms. The minimum atomic E-state index is 0.798. The van der Waals surface area contributed by atoms with E-state index in [2.05, 4.69) is 4.98 Å². The fraction of sp³-hybridized carbons (Fsp3) is 0.182. The maximum absolute atomic E-state index is 5.56. The largest absolute Gasteiger partial charge is 0.407 e. The Labute approximate surface area is 93.4 Å². The molecule has 0 aliphatic heterocycles. The number of hydrogen-bond donors (Lipinski definition) is 0. The van der Waals surface area contributed by atoms with Gasteiger partial charge in [-0.2, -0.15) is 0 Å². The van der Waals surface area contributed by atoms with Crippen LogP contribution >= 0.6 is 12.2 Å². The highest BCUT2D eigenvalue weighted by Crippen LogP contribution is 2.26. The van der Waals surface area contributed by atoms with Gasteiger partial charge in [0.1, 0.15) is 17.7 Å². The van der Waals surface area contributed by atoms with E-state index < -0.39 is 0 Å². The van der Waals surface area contributed by atoms with Crippen molar-refractivity contribution in [3.8, 4) is 5.75 Å². The normalized spacial score (nSPS) is 10.9. The van der Waals surface area contributed by atoms with Gasteiger partial charge in [0.25, 0.3) is 0 Å². The molecule has 0 saturated heterocycles. The van der Waals surface area contributed by atoms with Crippen molar-refractivity contribution in [2.75, 3.05) is 14.1 Å². The molecule has 0 unspecified atom stereocenters. The molecule has 1 heterocycles. The number of nitrogens with zero attached hydrogens (tertiary/aromatic N) is 2. The van der Waals surface area contributed by atoms with Gasteiger partial charge in [0, 0.05) is 25.7 Å². The second kappa shape index (κ2) is 4.51. The fourth-order valence-electron chi connectivity index (χ4n) is 1.26. The second-order valence-corrected chi connectivity index (χ2v) is 4.35.